The molecule has 1 fully saturated rings. The highest BCUT2D eigenvalue weighted by molar-refractivity contribution is 5.80. The Morgan fingerprint density at radius 1 is 1.19 bits per heavy atom. The Bertz CT molecular complexity index is 498. The van der Waals surface area contributed by atoms with Crippen LogP contribution < -0.4 is 10.6 Å². The van der Waals surface area contributed by atoms with Gasteiger partial charge in [0.1, 0.15) is 0 Å². The van der Waals surface area contributed by atoms with Gasteiger partial charge in [-0.2, -0.15) is 0 Å². The van der Waals surface area contributed by atoms with Crippen LogP contribution in [0.3, 0.4) is 0 Å². The molecule has 0 radical (unpaired) electrons. The van der Waals surface area contributed by atoms with Gasteiger partial charge in [0.15, 0.2) is 0 Å². The minimum Gasteiger partial charge on any atom is -0.469 e. The van der Waals surface area contributed by atoms with Gasteiger partial charge < -0.3 is 15.4 Å². The van der Waals surface area contributed by atoms with Crippen LogP contribution in [0.15, 0.2) is 24.3 Å². The molecule has 1 aromatic carbocycles. The number of methoxy groups -OCH3 is 1. The van der Waals surface area contributed by atoms with Gasteiger partial charge in [0.05, 0.1) is 13.5 Å². The number of hydrogen-bond acceptors (Lipinski definition) is 4. The fourth-order valence-electron chi connectivity index (χ4n) is 2.12. The number of nitrogens with one attached hydrogen (secondary N) is 2. The summed E-state index contributed by atoms with van der Waals surface area (Å²) in [6.07, 6.45) is 2.34. The van der Waals surface area contributed by atoms with Crippen molar-refractivity contribution >= 4 is 11.9 Å². The molecule has 0 atom stereocenters. The van der Waals surface area contributed by atoms with E-state index in [9.17, 15) is 9.59 Å². The molecule has 2 rings (SSSR count). The second-order valence-electron chi connectivity index (χ2n) is 5.26. The summed E-state index contributed by atoms with van der Waals surface area (Å²) in [7, 11) is 1.39. The molecule has 0 spiro atoms. The van der Waals surface area contributed by atoms with Gasteiger partial charge in [-0.15, -0.1) is 0 Å². The number of carbonyl (C=O) groups excluding carboxylic acids is 2. The second kappa shape index (κ2) is 7.78. The van der Waals surface area contributed by atoms with E-state index < -0.39 is 0 Å². The van der Waals surface area contributed by atoms with Crippen molar-refractivity contribution in [3.05, 3.63) is 35.4 Å². The zero-order valence-electron chi connectivity index (χ0n) is 12.4. The van der Waals surface area contributed by atoms with Gasteiger partial charge in [0.25, 0.3) is 0 Å². The van der Waals surface area contributed by atoms with E-state index in [2.05, 4.69) is 10.6 Å². The van der Waals surface area contributed by atoms with Crippen LogP contribution in [0.25, 0.3) is 0 Å². The van der Waals surface area contributed by atoms with Crippen molar-refractivity contribution < 1.29 is 14.3 Å². The van der Waals surface area contributed by atoms with Crippen LogP contribution in [0, 0.1) is 5.92 Å². The topological polar surface area (TPSA) is 67.4 Å². The summed E-state index contributed by atoms with van der Waals surface area (Å²) in [5.74, 6) is 0.188. The lowest BCUT2D eigenvalue weighted by molar-refractivity contribution is -0.139. The van der Waals surface area contributed by atoms with Gasteiger partial charge in [0.2, 0.25) is 5.91 Å². The quantitative estimate of drug-likeness (QED) is 0.554. The molecule has 1 aliphatic carbocycles. The molecule has 1 aliphatic rings. The van der Waals surface area contributed by atoms with Gasteiger partial charge in [-0.05, 0) is 24.0 Å². The fraction of sp³-hybridized carbons (Fsp3) is 0.500. The van der Waals surface area contributed by atoms with Crippen molar-refractivity contribution in [2.24, 2.45) is 5.92 Å². The Labute approximate surface area is 125 Å². The Morgan fingerprint density at radius 2 is 1.90 bits per heavy atom. The van der Waals surface area contributed by atoms with Crippen molar-refractivity contribution in [3.63, 3.8) is 0 Å². The zero-order chi connectivity index (χ0) is 15.1. The highest BCUT2D eigenvalue weighted by atomic mass is 16.5. The van der Waals surface area contributed by atoms with E-state index in [1.54, 1.807) is 0 Å². The van der Waals surface area contributed by atoms with E-state index in [0.29, 0.717) is 19.6 Å². The van der Waals surface area contributed by atoms with E-state index >= 15 is 0 Å². The molecule has 21 heavy (non-hydrogen) atoms. The molecule has 0 aromatic heterocycles. The molecular weight excluding hydrogens is 268 g/mol. The van der Waals surface area contributed by atoms with E-state index in [0.717, 1.165) is 24.0 Å². The van der Waals surface area contributed by atoms with Gasteiger partial charge in [-0.3, -0.25) is 9.59 Å². The lowest BCUT2D eigenvalue weighted by Crippen LogP contribution is -2.32. The number of benzene rings is 1. The van der Waals surface area contributed by atoms with Gasteiger partial charge in [-0.25, -0.2) is 0 Å². The zero-order valence-corrected chi connectivity index (χ0v) is 12.4. The fourth-order valence-corrected chi connectivity index (χ4v) is 2.12. The number of rotatable bonds is 8. The summed E-state index contributed by atoms with van der Waals surface area (Å²) in [6, 6.07) is 7.79. The van der Waals surface area contributed by atoms with Gasteiger partial charge in [-0.1, -0.05) is 24.3 Å². The second-order valence-corrected chi connectivity index (χ2v) is 5.26. The standard InChI is InChI=1S/C16H22N2O3/c1-21-15(19)10-13-4-2-3-5-14(13)11-17-8-9-18-16(20)12-6-7-12/h2-5,12,17H,6-11H2,1H3,(H,18,20). The van der Waals surface area contributed by atoms with E-state index in [-0.39, 0.29) is 24.2 Å². The van der Waals surface area contributed by atoms with Crippen LogP contribution in [0.2, 0.25) is 0 Å². The lowest BCUT2D eigenvalue weighted by Gasteiger charge is -2.10. The van der Waals surface area contributed by atoms with Crippen LogP contribution in [-0.2, 0) is 27.3 Å². The maximum atomic E-state index is 11.5. The Morgan fingerprint density at radius 3 is 2.57 bits per heavy atom. The number of amides is 1. The van der Waals surface area contributed by atoms with Crippen molar-refractivity contribution in [3.8, 4) is 0 Å². The van der Waals surface area contributed by atoms with E-state index in [4.69, 9.17) is 4.74 Å². The van der Waals surface area contributed by atoms with Crippen molar-refractivity contribution in [2.45, 2.75) is 25.8 Å². The highest BCUT2D eigenvalue weighted by Gasteiger charge is 2.28. The SMILES string of the molecule is COC(=O)Cc1ccccc1CNCCNC(=O)C1CC1. The first-order chi connectivity index (χ1) is 10.2. The molecule has 0 unspecified atom stereocenters. The molecule has 2 N–H and O–H groups in total. The molecule has 0 bridgehead atoms. The molecule has 114 valence electrons. The van der Waals surface area contributed by atoms with Crippen molar-refractivity contribution in [2.75, 3.05) is 20.2 Å². The summed E-state index contributed by atoms with van der Waals surface area (Å²) in [5.41, 5.74) is 2.05. The average molecular weight is 290 g/mol. The highest BCUT2D eigenvalue weighted by Crippen LogP contribution is 2.28. The molecular formula is C16H22N2O3. The van der Waals surface area contributed by atoms with E-state index in [1.807, 2.05) is 24.3 Å². The van der Waals surface area contributed by atoms with Crippen LogP contribution in [0.4, 0.5) is 0 Å². The number of carbonyl (C=O) groups is 2. The Balaban J connectivity index is 1.71. The number of hydrogen-bond donors (Lipinski definition) is 2. The molecule has 0 aliphatic heterocycles. The minimum absolute atomic E-state index is 0.169. The van der Waals surface area contributed by atoms with Gasteiger partial charge in [0, 0.05) is 25.6 Å². The predicted octanol–water partition coefficient (Wildman–Crippen LogP) is 1.02. The molecule has 1 saturated carbocycles. The third-order valence-corrected chi connectivity index (χ3v) is 3.55. The first-order valence-corrected chi connectivity index (χ1v) is 7.32. The van der Waals surface area contributed by atoms with Crippen molar-refractivity contribution in [1.82, 2.24) is 10.6 Å². The third-order valence-electron chi connectivity index (χ3n) is 3.55. The Kier molecular flexibility index (Phi) is 5.75. The minimum atomic E-state index is -0.237. The molecule has 0 heterocycles. The van der Waals surface area contributed by atoms with Crippen LogP contribution >= 0.6 is 0 Å². The van der Waals surface area contributed by atoms with Crippen LogP contribution in [0.1, 0.15) is 24.0 Å². The number of esters is 1. The molecule has 5 nitrogen and oxygen atoms in total. The van der Waals surface area contributed by atoms with Gasteiger partial charge >= 0.3 is 5.97 Å². The predicted molar refractivity (Wildman–Crippen MR) is 79.6 cm³/mol. The smallest absolute Gasteiger partial charge is 0.309 e. The normalized spacial score (nSPS) is 13.8. The Hall–Kier alpha value is -1.88. The average Bonchev–Trinajstić information content (AvgIpc) is 3.33. The lowest BCUT2D eigenvalue weighted by atomic mass is 10.0. The maximum Gasteiger partial charge on any atom is 0.309 e. The summed E-state index contributed by atoms with van der Waals surface area (Å²) in [6.45, 7) is 2.02. The van der Waals surface area contributed by atoms with Crippen molar-refractivity contribution in [1.29, 1.82) is 0 Å². The van der Waals surface area contributed by atoms with Crippen LogP contribution in [-0.4, -0.2) is 32.1 Å². The van der Waals surface area contributed by atoms with Crippen LogP contribution in [0.5, 0.6) is 0 Å². The molecule has 0 saturated heterocycles. The third kappa shape index (κ3) is 5.19. The summed E-state index contributed by atoms with van der Waals surface area (Å²) in [4.78, 5) is 22.8. The molecule has 5 heteroatoms. The summed E-state index contributed by atoms with van der Waals surface area (Å²) in [5, 5.41) is 6.19. The largest absolute Gasteiger partial charge is 0.469 e. The first kappa shape index (κ1) is 15.5. The summed E-state index contributed by atoms with van der Waals surface area (Å²) >= 11 is 0. The maximum absolute atomic E-state index is 11.5. The number of ether oxygens (including phenoxy) is 1. The molecule has 1 amide bonds. The first-order valence-electron chi connectivity index (χ1n) is 7.32. The monoisotopic (exact) mass is 290 g/mol. The van der Waals surface area contributed by atoms with E-state index in [1.165, 1.54) is 7.11 Å². The summed E-state index contributed by atoms with van der Waals surface area (Å²) < 4.78 is 4.70. The molecule has 1 aromatic rings.